The van der Waals surface area contributed by atoms with E-state index in [0.29, 0.717) is 23.1 Å². The normalized spacial score (nSPS) is 21.0. The van der Waals surface area contributed by atoms with Gasteiger partial charge in [0.25, 0.3) is 0 Å². The third-order valence-electron chi connectivity index (χ3n) is 6.42. The predicted molar refractivity (Wildman–Crippen MR) is 120 cm³/mol. The number of benzene rings is 1. The van der Waals surface area contributed by atoms with Crippen LogP contribution >= 0.6 is 0 Å². The molecular formula is C23H25F3N6O2. The highest BCUT2D eigenvalue weighted by Gasteiger charge is 2.33. The van der Waals surface area contributed by atoms with Gasteiger partial charge in [0, 0.05) is 24.3 Å². The van der Waals surface area contributed by atoms with Gasteiger partial charge in [-0.15, -0.1) is 5.53 Å². The minimum Gasteiger partial charge on any atom is -0.494 e. The van der Waals surface area contributed by atoms with E-state index in [1.54, 1.807) is 18.3 Å². The number of aromatic nitrogens is 3. The smallest absolute Gasteiger partial charge is 0.433 e. The summed E-state index contributed by atoms with van der Waals surface area (Å²) >= 11 is 0. The first kappa shape index (κ1) is 22.5. The maximum Gasteiger partial charge on any atom is 0.433 e. The van der Waals surface area contributed by atoms with Gasteiger partial charge in [-0.3, -0.25) is 15.1 Å². The molecule has 0 saturated heterocycles. The van der Waals surface area contributed by atoms with Crippen molar-refractivity contribution in [2.75, 3.05) is 18.7 Å². The van der Waals surface area contributed by atoms with Crippen molar-refractivity contribution >= 4 is 22.3 Å². The number of fused-ring (bicyclic) bond motifs is 1. The van der Waals surface area contributed by atoms with E-state index < -0.39 is 11.9 Å². The van der Waals surface area contributed by atoms with E-state index in [0.717, 1.165) is 42.7 Å². The van der Waals surface area contributed by atoms with E-state index >= 15 is 0 Å². The molecule has 0 unspecified atom stereocenters. The Morgan fingerprint density at radius 2 is 1.97 bits per heavy atom. The molecule has 1 saturated carbocycles. The number of ether oxygens (including phenoxy) is 1. The average Bonchev–Trinajstić information content (AvgIpc) is 3.50. The van der Waals surface area contributed by atoms with Crippen LogP contribution in [-0.2, 0) is 6.18 Å². The van der Waals surface area contributed by atoms with Crippen molar-refractivity contribution in [1.29, 1.82) is 0 Å². The van der Waals surface area contributed by atoms with Crippen molar-refractivity contribution in [2.45, 2.75) is 37.9 Å². The number of nitrogens with one attached hydrogen (secondary N) is 2. The van der Waals surface area contributed by atoms with Crippen LogP contribution in [-0.4, -0.2) is 33.6 Å². The fourth-order valence-electron chi connectivity index (χ4n) is 4.51. The largest absolute Gasteiger partial charge is 0.494 e. The summed E-state index contributed by atoms with van der Waals surface area (Å²) in [5.41, 5.74) is 6.89. The minimum atomic E-state index is -4.52. The predicted octanol–water partition coefficient (Wildman–Crippen LogP) is 4.01. The zero-order chi connectivity index (χ0) is 23.9. The molecule has 5 rings (SSSR count). The maximum atomic E-state index is 13.1. The molecule has 3 N–H and O–H groups in total. The Kier molecular flexibility index (Phi) is 5.82. The number of pyridine rings is 1. The maximum absolute atomic E-state index is 13.1. The van der Waals surface area contributed by atoms with Crippen LogP contribution in [0.4, 0.5) is 18.9 Å². The second-order valence-electron chi connectivity index (χ2n) is 8.60. The van der Waals surface area contributed by atoms with Crippen LogP contribution in [0, 0.1) is 5.92 Å². The van der Waals surface area contributed by atoms with Gasteiger partial charge in [0.2, 0.25) is 0 Å². The summed E-state index contributed by atoms with van der Waals surface area (Å²) in [6.07, 6.45) is 3.01. The zero-order valence-electron chi connectivity index (χ0n) is 18.5. The van der Waals surface area contributed by atoms with Crippen LogP contribution in [0.25, 0.3) is 16.6 Å². The summed E-state index contributed by atoms with van der Waals surface area (Å²) in [7, 11) is 1.56. The lowest BCUT2D eigenvalue weighted by molar-refractivity contribution is -0.141. The Labute approximate surface area is 194 Å². The SMILES string of the molecule is COc1cc2nn(C3CCC(CO)CC3)cc2cc1N1C=C(c2cccc(C(F)(F)F)n2)NN1. The van der Waals surface area contributed by atoms with Crippen LogP contribution in [0.3, 0.4) is 0 Å². The van der Waals surface area contributed by atoms with E-state index in [1.165, 1.54) is 12.1 Å². The van der Waals surface area contributed by atoms with Gasteiger partial charge in [-0.1, -0.05) is 6.07 Å². The Morgan fingerprint density at radius 1 is 1.18 bits per heavy atom. The van der Waals surface area contributed by atoms with Gasteiger partial charge in [0.1, 0.15) is 17.1 Å². The number of methoxy groups -OCH3 is 1. The van der Waals surface area contributed by atoms with Gasteiger partial charge in [0.15, 0.2) is 0 Å². The summed E-state index contributed by atoms with van der Waals surface area (Å²) in [4.78, 5) is 3.73. The Bertz CT molecular complexity index is 1220. The summed E-state index contributed by atoms with van der Waals surface area (Å²) in [6.45, 7) is 0.233. The third-order valence-corrected chi connectivity index (χ3v) is 6.42. The molecule has 0 bridgehead atoms. The van der Waals surface area contributed by atoms with E-state index in [9.17, 15) is 18.3 Å². The van der Waals surface area contributed by atoms with Crippen molar-refractivity contribution in [3.05, 3.63) is 54.1 Å². The standard InChI is InChI=1S/C23H25F3N6O2/c1-34-21-10-18-15(11-31(29-18)16-7-5-14(13-33)6-8-16)9-20(21)32-12-19(28-30-32)17-3-2-4-22(27-17)23(24,25)26/h2-4,9-12,14,16,28,30,33H,5-8,13H2,1H3. The highest BCUT2D eigenvalue weighted by Crippen LogP contribution is 2.37. The zero-order valence-corrected chi connectivity index (χ0v) is 18.5. The second kappa shape index (κ2) is 8.80. The van der Waals surface area contributed by atoms with Crippen LogP contribution in [0.1, 0.15) is 43.1 Å². The number of aliphatic hydroxyl groups is 1. The molecule has 3 heterocycles. The molecule has 8 nitrogen and oxygen atoms in total. The molecule has 2 aliphatic rings. The summed E-state index contributed by atoms with van der Waals surface area (Å²) < 4.78 is 46.7. The minimum absolute atomic E-state index is 0.163. The first-order valence-electron chi connectivity index (χ1n) is 11.1. The number of hydrogen-bond donors (Lipinski definition) is 3. The highest BCUT2D eigenvalue weighted by molar-refractivity contribution is 5.87. The van der Waals surface area contributed by atoms with Crippen molar-refractivity contribution < 1.29 is 23.0 Å². The third kappa shape index (κ3) is 4.28. The van der Waals surface area contributed by atoms with Crippen molar-refractivity contribution in [2.24, 2.45) is 5.92 Å². The Hall–Kier alpha value is -3.31. The molecule has 11 heteroatoms. The van der Waals surface area contributed by atoms with Gasteiger partial charge < -0.3 is 9.84 Å². The number of nitrogens with zero attached hydrogens (tertiary/aromatic N) is 4. The van der Waals surface area contributed by atoms with Crippen LogP contribution in [0.15, 0.2) is 42.7 Å². The van der Waals surface area contributed by atoms with Crippen LogP contribution in [0.5, 0.6) is 5.75 Å². The molecule has 1 aliphatic carbocycles. The van der Waals surface area contributed by atoms with Crippen LogP contribution in [0.2, 0.25) is 0 Å². The van der Waals surface area contributed by atoms with Crippen molar-refractivity contribution in [3.8, 4) is 5.75 Å². The Morgan fingerprint density at radius 3 is 2.68 bits per heavy atom. The molecule has 0 atom stereocenters. The molecule has 1 aliphatic heterocycles. The average molecular weight is 474 g/mol. The molecular weight excluding hydrogens is 449 g/mol. The lowest BCUT2D eigenvalue weighted by Gasteiger charge is -2.27. The second-order valence-corrected chi connectivity index (χ2v) is 8.60. The fourth-order valence-corrected chi connectivity index (χ4v) is 4.51. The molecule has 0 radical (unpaired) electrons. The summed E-state index contributed by atoms with van der Waals surface area (Å²) in [6, 6.07) is 7.83. The number of hydrazine groups is 2. The number of alkyl halides is 3. The molecule has 1 fully saturated rings. The summed E-state index contributed by atoms with van der Waals surface area (Å²) in [5, 5.41) is 16.7. The lowest BCUT2D eigenvalue weighted by atomic mass is 9.87. The van der Waals surface area contributed by atoms with Crippen molar-refractivity contribution in [3.63, 3.8) is 0 Å². The fraction of sp³-hybridized carbons (Fsp3) is 0.391. The number of aliphatic hydroxyl groups excluding tert-OH is 1. The quantitative estimate of drug-likeness (QED) is 0.515. The Balaban J connectivity index is 1.43. The van der Waals surface area contributed by atoms with E-state index in [4.69, 9.17) is 9.84 Å². The highest BCUT2D eigenvalue weighted by atomic mass is 19.4. The van der Waals surface area contributed by atoms with E-state index in [-0.39, 0.29) is 18.3 Å². The number of anilines is 1. The van der Waals surface area contributed by atoms with E-state index in [2.05, 4.69) is 15.9 Å². The first-order valence-corrected chi connectivity index (χ1v) is 11.1. The molecule has 3 aromatic rings. The number of rotatable bonds is 5. The first-order chi connectivity index (χ1) is 16.4. The number of halogens is 3. The molecule has 0 amide bonds. The molecule has 180 valence electrons. The monoisotopic (exact) mass is 474 g/mol. The molecule has 0 spiro atoms. The van der Waals surface area contributed by atoms with Crippen molar-refractivity contribution in [1.82, 2.24) is 25.7 Å². The topological polar surface area (TPSA) is 87.5 Å². The van der Waals surface area contributed by atoms with Gasteiger partial charge >= 0.3 is 6.18 Å². The molecule has 1 aromatic carbocycles. The lowest BCUT2D eigenvalue weighted by Crippen LogP contribution is -2.36. The molecule has 2 aromatic heterocycles. The van der Waals surface area contributed by atoms with Gasteiger partial charge in [-0.05, 0) is 49.8 Å². The van der Waals surface area contributed by atoms with Gasteiger partial charge in [0.05, 0.1) is 36.3 Å². The van der Waals surface area contributed by atoms with Gasteiger partial charge in [-0.2, -0.15) is 18.3 Å². The summed E-state index contributed by atoms with van der Waals surface area (Å²) in [5.74, 6) is 0.930. The molecule has 34 heavy (non-hydrogen) atoms. The van der Waals surface area contributed by atoms with Gasteiger partial charge in [-0.25, -0.2) is 4.98 Å². The number of hydrogen-bond acceptors (Lipinski definition) is 7. The van der Waals surface area contributed by atoms with E-state index in [1.807, 2.05) is 23.0 Å². The van der Waals surface area contributed by atoms with Crippen LogP contribution < -0.4 is 20.7 Å².